The van der Waals surface area contributed by atoms with Crippen molar-refractivity contribution in [1.29, 1.82) is 0 Å². The van der Waals surface area contributed by atoms with Crippen LogP contribution < -0.4 is 9.47 Å². The third-order valence-corrected chi connectivity index (χ3v) is 6.94. The molecule has 14 atom stereocenters. The second-order valence-corrected chi connectivity index (χ2v) is 9.65. The van der Waals surface area contributed by atoms with Crippen molar-refractivity contribution >= 4 is 0 Å². The van der Waals surface area contributed by atoms with Crippen molar-refractivity contribution < 1.29 is 74.0 Å². The van der Waals surface area contributed by atoms with Crippen LogP contribution >= 0.6 is 0 Å². The van der Waals surface area contributed by atoms with E-state index in [1.54, 1.807) is 24.3 Å². The molecule has 0 radical (unpaired) electrons. The van der Waals surface area contributed by atoms with Crippen molar-refractivity contribution in [3.8, 4) is 11.5 Å². The first kappa shape index (κ1) is 30.3. The number of methoxy groups -OCH3 is 1. The van der Waals surface area contributed by atoms with E-state index in [2.05, 4.69) is 0 Å². The fourth-order valence-electron chi connectivity index (χ4n) is 4.58. The van der Waals surface area contributed by atoms with Gasteiger partial charge in [0.2, 0.25) is 6.29 Å². The molecule has 15 nitrogen and oxygen atoms in total. The molecule has 0 aliphatic carbocycles. The number of benzene rings is 1. The Bertz CT molecular complexity index is 919. The minimum Gasteiger partial charge on any atom is -0.497 e. The van der Waals surface area contributed by atoms with Crippen molar-refractivity contribution in [1.82, 2.24) is 0 Å². The van der Waals surface area contributed by atoms with Gasteiger partial charge in [-0.2, -0.15) is 0 Å². The van der Waals surface area contributed by atoms with Crippen LogP contribution in [0.25, 0.3) is 0 Å². The Balaban J connectivity index is 1.50. The Morgan fingerprint density at radius 2 is 1.44 bits per heavy atom. The minimum absolute atomic E-state index is 0.276. The lowest BCUT2D eigenvalue weighted by atomic mass is 9.97. The summed E-state index contributed by atoms with van der Waals surface area (Å²) in [6, 6.07) is 6.52. The molecule has 3 fully saturated rings. The maximum Gasteiger partial charge on any atom is 0.229 e. The van der Waals surface area contributed by atoms with Crippen molar-refractivity contribution in [3.05, 3.63) is 24.3 Å². The second kappa shape index (κ2) is 12.9. The summed E-state index contributed by atoms with van der Waals surface area (Å²) in [5.41, 5.74) is 0. The molecular formula is C24H36O15. The summed E-state index contributed by atoms with van der Waals surface area (Å²) in [5.74, 6) is 0.790. The zero-order valence-electron chi connectivity index (χ0n) is 21.2. The standard InChI is InChI=1S/C24H36O15/c1-9-14(27)20(38-22-18(31)17(30)16(29)13(7-25)37-22)19(32)23(35-9)39-21-15(28)12(26)8-34-24(21)36-11-5-3-4-10(6-11)33-2/h3-6,9,12-32H,7-8H2,1-2H3/t9-,12-,13+,14-,15-,16+,17-,18+,19+,20+,21+,22-,23-,24-/m0/s1. The molecule has 1 aromatic carbocycles. The third kappa shape index (κ3) is 6.46. The van der Waals surface area contributed by atoms with Gasteiger partial charge in [0, 0.05) is 6.07 Å². The third-order valence-electron chi connectivity index (χ3n) is 6.94. The molecule has 0 bridgehead atoms. The number of ether oxygens (including phenoxy) is 7. The average molecular weight is 565 g/mol. The van der Waals surface area contributed by atoms with Gasteiger partial charge in [0.1, 0.15) is 66.4 Å². The molecule has 0 unspecified atom stereocenters. The maximum atomic E-state index is 11.0. The van der Waals surface area contributed by atoms with E-state index in [-0.39, 0.29) is 6.61 Å². The lowest BCUT2D eigenvalue weighted by Gasteiger charge is -2.47. The van der Waals surface area contributed by atoms with Crippen LogP contribution in [0.15, 0.2) is 24.3 Å². The Morgan fingerprint density at radius 3 is 2.13 bits per heavy atom. The van der Waals surface area contributed by atoms with Gasteiger partial charge in [-0.05, 0) is 19.1 Å². The Hall–Kier alpha value is -1.70. The Morgan fingerprint density at radius 1 is 0.769 bits per heavy atom. The monoisotopic (exact) mass is 564 g/mol. The fourth-order valence-corrected chi connectivity index (χ4v) is 4.58. The van der Waals surface area contributed by atoms with Crippen LogP contribution in [0.5, 0.6) is 11.5 Å². The lowest BCUT2D eigenvalue weighted by molar-refractivity contribution is -0.374. The maximum absolute atomic E-state index is 11.0. The molecule has 3 saturated heterocycles. The minimum atomic E-state index is -1.79. The van der Waals surface area contributed by atoms with E-state index >= 15 is 0 Å². The van der Waals surface area contributed by atoms with Gasteiger partial charge in [-0.25, -0.2) is 0 Å². The first-order valence-electron chi connectivity index (χ1n) is 12.5. The molecule has 4 rings (SSSR count). The zero-order chi connectivity index (χ0) is 28.4. The molecule has 0 aromatic heterocycles. The largest absolute Gasteiger partial charge is 0.497 e. The van der Waals surface area contributed by atoms with Crippen LogP contribution in [-0.2, 0) is 23.7 Å². The van der Waals surface area contributed by atoms with Crippen LogP contribution in [0, 0.1) is 0 Å². The number of aliphatic hydroxyl groups is 8. The van der Waals surface area contributed by atoms with Crippen molar-refractivity contribution in [3.63, 3.8) is 0 Å². The molecular weight excluding hydrogens is 528 g/mol. The Kier molecular flexibility index (Phi) is 9.98. The van der Waals surface area contributed by atoms with Crippen LogP contribution in [0.2, 0.25) is 0 Å². The molecule has 15 heteroatoms. The quantitative estimate of drug-likeness (QED) is 0.151. The summed E-state index contributed by atoms with van der Waals surface area (Å²) >= 11 is 0. The van der Waals surface area contributed by atoms with Crippen molar-refractivity contribution in [2.75, 3.05) is 20.3 Å². The molecule has 39 heavy (non-hydrogen) atoms. The van der Waals surface area contributed by atoms with E-state index in [0.717, 1.165) is 0 Å². The van der Waals surface area contributed by atoms with Gasteiger partial charge >= 0.3 is 0 Å². The van der Waals surface area contributed by atoms with Crippen molar-refractivity contribution in [2.45, 2.75) is 92.9 Å². The van der Waals surface area contributed by atoms with Gasteiger partial charge < -0.3 is 74.0 Å². The normalized spacial score (nSPS) is 45.1. The zero-order valence-corrected chi connectivity index (χ0v) is 21.2. The summed E-state index contributed by atoms with van der Waals surface area (Å²) in [6.45, 7) is 0.466. The van der Waals surface area contributed by atoms with Gasteiger partial charge in [0.05, 0.1) is 26.4 Å². The first-order chi connectivity index (χ1) is 18.5. The molecule has 0 saturated carbocycles. The summed E-state index contributed by atoms with van der Waals surface area (Å²) in [7, 11) is 1.47. The molecule has 0 amide bonds. The highest BCUT2D eigenvalue weighted by molar-refractivity contribution is 5.33. The van der Waals surface area contributed by atoms with E-state index in [9.17, 15) is 40.9 Å². The smallest absolute Gasteiger partial charge is 0.229 e. The highest BCUT2D eigenvalue weighted by Gasteiger charge is 2.52. The van der Waals surface area contributed by atoms with E-state index in [1.165, 1.54) is 14.0 Å². The molecule has 3 aliphatic rings. The predicted octanol–water partition coefficient (Wildman–Crippen LogP) is -3.81. The summed E-state index contributed by atoms with van der Waals surface area (Å²) < 4.78 is 38.9. The highest BCUT2D eigenvalue weighted by atomic mass is 16.8. The predicted molar refractivity (Wildman–Crippen MR) is 125 cm³/mol. The average Bonchev–Trinajstić information content (AvgIpc) is 2.93. The van der Waals surface area contributed by atoms with Gasteiger partial charge in [-0.1, -0.05) is 6.07 Å². The van der Waals surface area contributed by atoms with E-state index < -0.39 is 92.6 Å². The van der Waals surface area contributed by atoms with Crippen LogP contribution in [0.1, 0.15) is 6.92 Å². The Labute approximate surface area is 223 Å². The molecule has 8 N–H and O–H groups in total. The summed E-state index contributed by atoms with van der Waals surface area (Å²) in [6.07, 6.45) is -21.0. The number of hydrogen-bond donors (Lipinski definition) is 8. The summed E-state index contributed by atoms with van der Waals surface area (Å²) in [4.78, 5) is 0. The van der Waals surface area contributed by atoms with Crippen LogP contribution in [0.4, 0.5) is 0 Å². The topological polar surface area (TPSA) is 226 Å². The van der Waals surface area contributed by atoms with E-state index in [1.807, 2.05) is 0 Å². The van der Waals surface area contributed by atoms with Crippen molar-refractivity contribution in [2.24, 2.45) is 0 Å². The molecule has 3 heterocycles. The number of hydrogen-bond acceptors (Lipinski definition) is 15. The lowest BCUT2D eigenvalue weighted by Crippen LogP contribution is -2.65. The SMILES string of the molecule is COc1cccc(O[C@@H]2OC[C@H](O)[C@H](O)[C@H]2O[C@@H]2O[C@@H](C)[C@H](O)[C@@H](O[C@@H]3O[C@H](CO)[C@@H](O)[C@H](O)[C@H]3O)[C@H]2O)c1. The molecule has 0 spiro atoms. The first-order valence-corrected chi connectivity index (χ1v) is 12.5. The van der Waals surface area contributed by atoms with Gasteiger partial charge in [0.15, 0.2) is 18.7 Å². The second-order valence-electron chi connectivity index (χ2n) is 9.65. The van der Waals surface area contributed by atoms with E-state index in [4.69, 9.17) is 33.2 Å². The van der Waals surface area contributed by atoms with Crippen LogP contribution in [-0.4, -0.2) is 147 Å². The van der Waals surface area contributed by atoms with Gasteiger partial charge in [-0.15, -0.1) is 0 Å². The van der Waals surface area contributed by atoms with E-state index in [0.29, 0.717) is 11.5 Å². The molecule has 222 valence electrons. The fraction of sp³-hybridized carbons (Fsp3) is 0.750. The van der Waals surface area contributed by atoms with Crippen LogP contribution in [0.3, 0.4) is 0 Å². The highest BCUT2D eigenvalue weighted by Crippen LogP contribution is 2.32. The van der Waals surface area contributed by atoms with Gasteiger partial charge in [-0.3, -0.25) is 0 Å². The number of rotatable bonds is 8. The number of aliphatic hydroxyl groups excluding tert-OH is 8. The molecule has 1 aromatic rings. The summed E-state index contributed by atoms with van der Waals surface area (Å²) in [5, 5.41) is 82.4. The molecule has 3 aliphatic heterocycles. The van der Waals surface area contributed by atoms with Gasteiger partial charge in [0.25, 0.3) is 0 Å².